The Morgan fingerprint density at radius 3 is 2.86 bits per heavy atom. The molecule has 0 aliphatic carbocycles. The summed E-state index contributed by atoms with van der Waals surface area (Å²) in [7, 11) is 0. The zero-order valence-corrected chi connectivity index (χ0v) is 13.0. The molecular weight excluding hydrogens is 335 g/mol. The van der Waals surface area contributed by atoms with Gasteiger partial charge in [-0.2, -0.15) is 0 Å². The zero-order valence-electron chi connectivity index (χ0n) is 10.6. The molecule has 1 aliphatic rings. The summed E-state index contributed by atoms with van der Waals surface area (Å²) < 4.78 is 6.22. The molecule has 3 rings (SSSR count). The fourth-order valence-electron chi connectivity index (χ4n) is 1.92. The van der Waals surface area contributed by atoms with Crippen LogP contribution in [0.25, 0.3) is 11.4 Å². The summed E-state index contributed by atoms with van der Waals surface area (Å²) in [5, 5.41) is 9.12. The molecule has 2 heterocycles. The maximum absolute atomic E-state index is 11.5. The average Bonchev–Trinajstić information content (AvgIpc) is 2.99. The monoisotopic (exact) mass is 344 g/mol. The minimum Gasteiger partial charge on any atom is -0.465 e. The van der Waals surface area contributed by atoms with Crippen LogP contribution in [-0.4, -0.2) is 32.7 Å². The first-order valence-corrected chi connectivity index (χ1v) is 7.69. The molecule has 1 aromatic heterocycles. The molecule has 0 unspecified atom stereocenters. The Kier molecular flexibility index (Phi) is 3.97. The van der Waals surface area contributed by atoms with E-state index in [9.17, 15) is 4.79 Å². The Labute approximate surface area is 134 Å². The number of ether oxygens (including phenoxy) is 1. The molecule has 1 saturated heterocycles. The smallest absolute Gasteiger partial charge is 0.319 e. The van der Waals surface area contributed by atoms with Crippen LogP contribution in [0.2, 0.25) is 10.0 Å². The van der Waals surface area contributed by atoms with Crippen molar-refractivity contribution in [1.82, 2.24) is 14.9 Å². The van der Waals surface area contributed by atoms with Gasteiger partial charge in [0.05, 0.1) is 11.6 Å². The van der Waals surface area contributed by atoms with Gasteiger partial charge in [0.2, 0.25) is 5.16 Å². The second-order valence-corrected chi connectivity index (χ2v) is 6.38. The van der Waals surface area contributed by atoms with Crippen LogP contribution in [0.4, 0.5) is 0 Å². The van der Waals surface area contributed by atoms with E-state index in [0.29, 0.717) is 39.6 Å². The van der Waals surface area contributed by atoms with Crippen LogP contribution in [0.15, 0.2) is 23.4 Å². The van der Waals surface area contributed by atoms with Crippen LogP contribution in [0, 0.1) is 0 Å². The van der Waals surface area contributed by atoms with Gasteiger partial charge in [0, 0.05) is 17.0 Å². The Morgan fingerprint density at radius 1 is 1.38 bits per heavy atom. The van der Waals surface area contributed by atoms with Gasteiger partial charge in [0.25, 0.3) is 0 Å². The summed E-state index contributed by atoms with van der Waals surface area (Å²) in [5.74, 6) is 6.15. The minimum atomic E-state index is -0.301. The van der Waals surface area contributed by atoms with Gasteiger partial charge >= 0.3 is 5.97 Å². The van der Waals surface area contributed by atoms with Crippen molar-refractivity contribution in [3.8, 4) is 11.4 Å². The lowest BCUT2D eigenvalue weighted by Gasteiger charge is -2.07. The van der Waals surface area contributed by atoms with Gasteiger partial charge in [-0.05, 0) is 18.2 Å². The fraction of sp³-hybridized carbons (Fsp3) is 0.250. The molecule has 0 amide bonds. The molecule has 2 N–H and O–H groups in total. The average molecular weight is 345 g/mol. The molecule has 0 bridgehead atoms. The Hall–Kier alpha value is -1.44. The first-order chi connectivity index (χ1) is 10.1. The topological polar surface area (TPSA) is 83.0 Å². The zero-order chi connectivity index (χ0) is 15.0. The second kappa shape index (κ2) is 5.75. The number of nitrogens with zero attached hydrogens (tertiary/aromatic N) is 3. The number of hydrogen-bond acceptors (Lipinski definition) is 6. The van der Waals surface area contributed by atoms with Gasteiger partial charge in [-0.3, -0.25) is 4.79 Å². The van der Waals surface area contributed by atoms with E-state index in [1.807, 2.05) is 0 Å². The number of thioether (sulfide) groups is 1. The molecule has 0 spiro atoms. The van der Waals surface area contributed by atoms with Crippen molar-refractivity contribution in [2.24, 2.45) is 0 Å². The van der Waals surface area contributed by atoms with Crippen molar-refractivity contribution in [3.63, 3.8) is 0 Å². The number of cyclic esters (lactones) is 1. The summed E-state index contributed by atoms with van der Waals surface area (Å²) in [6.07, 6.45) is 0.632. The van der Waals surface area contributed by atoms with Gasteiger partial charge < -0.3 is 10.6 Å². The van der Waals surface area contributed by atoms with Gasteiger partial charge in [-0.1, -0.05) is 35.0 Å². The van der Waals surface area contributed by atoms with Crippen molar-refractivity contribution in [1.29, 1.82) is 0 Å². The minimum absolute atomic E-state index is 0.255. The predicted octanol–water partition coefficient (Wildman–Crippen LogP) is 2.37. The van der Waals surface area contributed by atoms with Gasteiger partial charge in [0.1, 0.15) is 5.25 Å². The third kappa shape index (κ3) is 2.81. The summed E-state index contributed by atoms with van der Waals surface area (Å²) in [6, 6.07) is 5.02. The number of nitrogen functional groups attached to an aromatic ring is 1. The molecule has 1 aliphatic heterocycles. The van der Waals surface area contributed by atoms with Crippen LogP contribution >= 0.6 is 35.0 Å². The number of esters is 1. The molecule has 21 heavy (non-hydrogen) atoms. The summed E-state index contributed by atoms with van der Waals surface area (Å²) >= 11 is 13.2. The molecule has 1 aromatic carbocycles. The van der Waals surface area contributed by atoms with Crippen molar-refractivity contribution < 1.29 is 9.53 Å². The van der Waals surface area contributed by atoms with Crippen LogP contribution in [0.5, 0.6) is 0 Å². The van der Waals surface area contributed by atoms with Crippen LogP contribution in [0.3, 0.4) is 0 Å². The Bertz CT molecular complexity index is 707. The Balaban J connectivity index is 1.90. The number of aromatic nitrogens is 3. The number of benzene rings is 1. The van der Waals surface area contributed by atoms with E-state index >= 15 is 0 Å². The molecule has 1 atom stereocenters. The molecule has 2 aromatic rings. The van der Waals surface area contributed by atoms with E-state index < -0.39 is 0 Å². The summed E-state index contributed by atoms with van der Waals surface area (Å²) in [4.78, 5) is 11.5. The molecule has 1 fully saturated rings. The van der Waals surface area contributed by atoms with Gasteiger partial charge in [-0.15, -0.1) is 10.2 Å². The largest absolute Gasteiger partial charge is 0.465 e. The maximum Gasteiger partial charge on any atom is 0.319 e. The molecular formula is C12H10Cl2N4O2S. The quantitative estimate of drug-likeness (QED) is 0.679. The number of rotatable bonds is 3. The first kappa shape index (κ1) is 14.5. The SMILES string of the molecule is Nn1c(S[C@@H]2CCOC2=O)nnc1-c1ccc(Cl)cc1Cl. The third-order valence-corrected chi connectivity index (χ3v) is 4.72. The third-order valence-electron chi connectivity index (χ3n) is 2.97. The van der Waals surface area contributed by atoms with E-state index in [1.165, 1.54) is 16.4 Å². The summed E-state index contributed by atoms with van der Waals surface area (Å²) in [6.45, 7) is 0.422. The highest BCUT2D eigenvalue weighted by Gasteiger charge is 2.30. The fourth-order valence-corrected chi connectivity index (χ4v) is 3.34. The summed E-state index contributed by atoms with van der Waals surface area (Å²) in [5.41, 5.74) is 0.622. The van der Waals surface area contributed by atoms with Crippen molar-refractivity contribution in [2.45, 2.75) is 16.8 Å². The van der Waals surface area contributed by atoms with E-state index in [4.69, 9.17) is 33.8 Å². The molecule has 0 radical (unpaired) electrons. The lowest BCUT2D eigenvalue weighted by Crippen LogP contribution is -2.15. The van der Waals surface area contributed by atoms with Crippen molar-refractivity contribution in [2.75, 3.05) is 12.4 Å². The van der Waals surface area contributed by atoms with Gasteiger partial charge in [0.15, 0.2) is 5.82 Å². The van der Waals surface area contributed by atoms with Crippen LogP contribution < -0.4 is 5.84 Å². The standard InChI is InChI=1S/C12H10Cl2N4O2S/c13-6-1-2-7(8(14)5-6)10-16-17-12(18(10)15)21-9-3-4-20-11(9)19/h1-2,5,9H,3-4,15H2/t9-/m1/s1. The van der Waals surface area contributed by atoms with E-state index in [2.05, 4.69) is 10.2 Å². The lowest BCUT2D eigenvalue weighted by atomic mass is 10.2. The highest BCUT2D eigenvalue weighted by molar-refractivity contribution is 8.00. The molecule has 9 heteroatoms. The Morgan fingerprint density at radius 2 is 2.19 bits per heavy atom. The second-order valence-electron chi connectivity index (χ2n) is 4.36. The van der Waals surface area contributed by atoms with Crippen molar-refractivity contribution >= 4 is 40.9 Å². The molecule has 110 valence electrons. The van der Waals surface area contributed by atoms with E-state index in [-0.39, 0.29) is 11.2 Å². The normalized spacial score (nSPS) is 18.0. The van der Waals surface area contributed by atoms with Crippen LogP contribution in [-0.2, 0) is 9.53 Å². The maximum atomic E-state index is 11.5. The molecule has 0 saturated carbocycles. The van der Waals surface area contributed by atoms with E-state index in [1.54, 1.807) is 18.2 Å². The number of carbonyl (C=O) groups excluding carboxylic acids is 1. The highest BCUT2D eigenvalue weighted by Crippen LogP contribution is 2.32. The number of nitrogens with two attached hydrogens (primary N) is 1. The number of carbonyl (C=O) groups is 1. The number of hydrogen-bond donors (Lipinski definition) is 1. The van der Waals surface area contributed by atoms with Crippen LogP contribution in [0.1, 0.15) is 6.42 Å². The van der Waals surface area contributed by atoms with Crippen molar-refractivity contribution in [3.05, 3.63) is 28.2 Å². The van der Waals surface area contributed by atoms with Gasteiger partial charge in [-0.25, -0.2) is 4.68 Å². The number of halogens is 2. The van der Waals surface area contributed by atoms with E-state index in [0.717, 1.165) is 0 Å². The highest BCUT2D eigenvalue weighted by atomic mass is 35.5. The molecule has 6 nitrogen and oxygen atoms in total. The first-order valence-electron chi connectivity index (χ1n) is 6.05. The lowest BCUT2D eigenvalue weighted by molar-refractivity contribution is -0.137. The predicted molar refractivity (Wildman–Crippen MR) is 80.8 cm³/mol.